The van der Waals surface area contributed by atoms with E-state index >= 15 is 0 Å². The molecule has 7 heavy (non-hydrogen) atoms. The summed E-state index contributed by atoms with van der Waals surface area (Å²) < 4.78 is 0. The van der Waals surface area contributed by atoms with Crippen LogP contribution in [0, 0.1) is 0 Å². The minimum Gasteiger partial charge on any atom is -0.379 e. The van der Waals surface area contributed by atoms with Crippen molar-refractivity contribution in [2.24, 2.45) is 0 Å². The zero-order valence-corrected chi connectivity index (χ0v) is 5.46. The van der Waals surface area contributed by atoms with Crippen LogP contribution in [-0.2, 0) is 0 Å². The fraction of sp³-hybridized carbons (Fsp3) is 1.00. The average Bonchev–Trinajstić information content (AvgIpc) is 1.35. The maximum absolute atomic E-state index is 8.44. The van der Waals surface area contributed by atoms with Gasteiger partial charge in [-0.05, 0) is 13.5 Å². The van der Waals surface area contributed by atoms with E-state index in [1.165, 1.54) is 0 Å². The molecule has 3 heteroatoms. The first kappa shape index (κ1) is 10.2. The Morgan fingerprint density at radius 2 is 2.14 bits per heavy atom. The second-order valence-electron chi connectivity index (χ2n) is 1.23. The van der Waals surface area contributed by atoms with Crippen molar-refractivity contribution in [3.8, 4) is 0 Å². The molecule has 0 saturated carbocycles. The Hall–Kier alpha value is 0.210. The van der Waals surface area contributed by atoms with Gasteiger partial charge in [0.1, 0.15) is 6.23 Å². The van der Waals surface area contributed by atoms with Crippen LogP contribution in [-0.4, -0.2) is 17.9 Å². The number of halogens is 1. The maximum atomic E-state index is 8.44. The highest BCUT2D eigenvalue weighted by molar-refractivity contribution is 5.85. The smallest absolute Gasteiger partial charge is 0.102 e. The minimum atomic E-state index is -0.352. The van der Waals surface area contributed by atoms with Crippen LogP contribution in [0.15, 0.2) is 0 Å². The summed E-state index contributed by atoms with van der Waals surface area (Å²) in [5.41, 5.74) is 0. The van der Waals surface area contributed by atoms with E-state index in [0.29, 0.717) is 0 Å². The SMILES string of the molecule is CCNC(C)O.Cl. The van der Waals surface area contributed by atoms with Crippen molar-refractivity contribution in [2.75, 3.05) is 6.54 Å². The van der Waals surface area contributed by atoms with E-state index in [-0.39, 0.29) is 18.6 Å². The van der Waals surface area contributed by atoms with E-state index in [2.05, 4.69) is 5.32 Å². The largest absolute Gasteiger partial charge is 0.379 e. The van der Waals surface area contributed by atoms with Crippen LogP contribution in [0.4, 0.5) is 0 Å². The Morgan fingerprint density at radius 3 is 2.14 bits per heavy atom. The third-order valence-corrected chi connectivity index (χ3v) is 0.500. The minimum absolute atomic E-state index is 0. The summed E-state index contributed by atoms with van der Waals surface area (Å²) in [5, 5.41) is 11.2. The first-order valence-corrected chi connectivity index (χ1v) is 2.18. The summed E-state index contributed by atoms with van der Waals surface area (Å²) in [7, 11) is 0. The lowest BCUT2D eigenvalue weighted by Gasteiger charge is -2.00. The quantitative estimate of drug-likeness (QED) is 0.523. The van der Waals surface area contributed by atoms with E-state index in [0.717, 1.165) is 6.54 Å². The van der Waals surface area contributed by atoms with E-state index in [1.807, 2.05) is 6.92 Å². The molecule has 46 valence electrons. The Bertz CT molecular complexity index is 32.9. The molecule has 0 amide bonds. The Balaban J connectivity index is 0. The Morgan fingerprint density at radius 1 is 1.71 bits per heavy atom. The van der Waals surface area contributed by atoms with Crippen molar-refractivity contribution < 1.29 is 5.11 Å². The van der Waals surface area contributed by atoms with Crippen molar-refractivity contribution in [1.29, 1.82) is 0 Å². The van der Waals surface area contributed by atoms with Gasteiger partial charge in [0.15, 0.2) is 0 Å². The summed E-state index contributed by atoms with van der Waals surface area (Å²) in [6.07, 6.45) is -0.352. The predicted octanol–water partition coefficient (Wildman–Crippen LogP) is 0.356. The molecule has 2 N–H and O–H groups in total. The van der Waals surface area contributed by atoms with Gasteiger partial charge in [0.2, 0.25) is 0 Å². The van der Waals surface area contributed by atoms with E-state index in [1.54, 1.807) is 6.92 Å². The number of aliphatic hydroxyl groups excluding tert-OH is 1. The molecule has 0 spiro atoms. The van der Waals surface area contributed by atoms with Gasteiger partial charge < -0.3 is 5.11 Å². The normalized spacial score (nSPS) is 12.4. The van der Waals surface area contributed by atoms with Crippen molar-refractivity contribution >= 4 is 12.4 Å². The van der Waals surface area contributed by atoms with Gasteiger partial charge in [-0.1, -0.05) is 6.92 Å². The number of hydrogen-bond acceptors (Lipinski definition) is 2. The first-order valence-electron chi connectivity index (χ1n) is 2.18. The van der Waals surface area contributed by atoms with Crippen LogP contribution in [0.5, 0.6) is 0 Å². The molecule has 0 aromatic heterocycles. The zero-order valence-electron chi connectivity index (χ0n) is 4.64. The molecule has 0 rings (SSSR count). The van der Waals surface area contributed by atoms with Gasteiger partial charge in [-0.15, -0.1) is 12.4 Å². The van der Waals surface area contributed by atoms with Crippen LogP contribution in [0.3, 0.4) is 0 Å². The summed E-state index contributed by atoms with van der Waals surface area (Å²) >= 11 is 0. The lowest BCUT2D eigenvalue weighted by molar-refractivity contribution is 0.159. The number of rotatable bonds is 2. The lowest BCUT2D eigenvalue weighted by atomic mass is 10.6. The van der Waals surface area contributed by atoms with Crippen LogP contribution in [0.1, 0.15) is 13.8 Å². The third kappa shape index (κ3) is 10.7. The average molecular weight is 126 g/mol. The number of aliphatic hydroxyl groups is 1. The molecule has 0 aromatic carbocycles. The molecular formula is C4H12ClNO. The zero-order chi connectivity index (χ0) is 4.99. The highest BCUT2D eigenvalue weighted by Gasteiger charge is 1.83. The van der Waals surface area contributed by atoms with Gasteiger partial charge in [-0.2, -0.15) is 0 Å². The fourth-order valence-electron chi connectivity index (χ4n) is 0.295. The Kier molecular flexibility index (Phi) is 9.09. The number of nitrogens with one attached hydrogen (secondary N) is 1. The van der Waals surface area contributed by atoms with Crippen molar-refractivity contribution in [1.82, 2.24) is 5.32 Å². The topological polar surface area (TPSA) is 32.3 Å². The first-order chi connectivity index (χ1) is 2.77. The summed E-state index contributed by atoms with van der Waals surface area (Å²) in [5.74, 6) is 0. The van der Waals surface area contributed by atoms with Crippen LogP contribution >= 0.6 is 12.4 Å². The second-order valence-corrected chi connectivity index (χ2v) is 1.23. The molecule has 0 aliphatic carbocycles. The summed E-state index contributed by atoms with van der Waals surface area (Å²) in [6, 6.07) is 0. The molecule has 0 aromatic rings. The van der Waals surface area contributed by atoms with Crippen LogP contribution in [0.2, 0.25) is 0 Å². The molecule has 0 heterocycles. The van der Waals surface area contributed by atoms with Gasteiger partial charge in [-0.25, -0.2) is 0 Å². The standard InChI is InChI=1S/C4H11NO.ClH/c1-3-5-4(2)6;/h4-6H,3H2,1-2H3;1H. The summed E-state index contributed by atoms with van der Waals surface area (Å²) in [4.78, 5) is 0. The Labute approximate surface area is 50.3 Å². The van der Waals surface area contributed by atoms with Gasteiger partial charge in [-0.3, -0.25) is 5.32 Å². The van der Waals surface area contributed by atoms with Gasteiger partial charge >= 0.3 is 0 Å². The molecule has 0 radical (unpaired) electrons. The predicted molar refractivity (Wildman–Crippen MR) is 32.6 cm³/mol. The van der Waals surface area contributed by atoms with Gasteiger partial charge in [0, 0.05) is 0 Å². The highest BCUT2D eigenvalue weighted by atomic mass is 35.5. The number of hydrogen-bond donors (Lipinski definition) is 2. The summed E-state index contributed by atoms with van der Waals surface area (Å²) in [6.45, 7) is 4.48. The second kappa shape index (κ2) is 6.21. The molecule has 0 bridgehead atoms. The molecule has 0 aliphatic heterocycles. The van der Waals surface area contributed by atoms with E-state index in [4.69, 9.17) is 5.11 Å². The van der Waals surface area contributed by atoms with Gasteiger partial charge in [0.05, 0.1) is 0 Å². The van der Waals surface area contributed by atoms with Gasteiger partial charge in [0.25, 0.3) is 0 Å². The highest BCUT2D eigenvalue weighted by Crippen LogP contribution is 1.65. The molecular weight excluding hydrogens is 114 g/mol. The van der Waals surface area contributed by atoms with Crippen molar-refractivity contribution in [3.05, 3.63) is 0 Å². The van der Waals surface area contributed by atoms with Crippen molar-refractivity contribution in [2.45, 2.75) is 20.1 Å². The molecule has 1 atom stereocenters. The van der Waals surface area contributed by atoms with Crippen LogP contribution in [0.25, 0.3) is 0 Å². The fourth-order valence-corrected chi connectivity index (χ4v) is 0.295. The lowest BCUT2D eigenvalue weighted by Crippen LogP contribution is -2.24. The van der Waals surface area contributed by atoms with E-state index in [9.17, 15) is 0 Å². The third-order valence-electron chi connectivity index (χ3n) is 0.500. The monoisotopic (exact) mass is 125 g/mol. The molecule has 1 unspecified atom stereocenters. The van der Waals surface area contributed by atoms with Crippen LogP contribution < -0.4 is 5.32 Å². The molecule has 0 aliphatic rings. The molecule has 0 fully saturated rings. The molecule has 0 saturated heterocycles. The maximum Gasteiger partial charge on any atom is 0.102 e. The molecule has 2 nitrogen and oxygen atoms in total. The van der Waals surface area contributed by atoms with E-state index < -0.39 is 0 Å². The van der Waals surface area contributed by atoms with Crippen molar-refractivity contribution in [3.63, 3.8) is 0 Å².